The molecule has 0 saturated heterocycles. The first kappa shape index (κ1) is 24.1. The van der Waals surface area contributed by atoms with Crippen LogP contribution in [0.2, 0.25) is 0 Å². The predicted molar refractivity (Wildman–Crippen MR) is 134 cm³/mol. The van der Waals surface area contributed by atoms with Crippen LogP contribution in [0.4, 0.5) is 11.8 Å². The van der Waals surface area contributed by atoms with Crippen molar-refractivity contribution >= 4 is 21.8 Å². The second-order valence-electron chi connectivity index (χ2n) is 8.42. The minimum Gasteiger partial charge on any atom is -0.437 e. The SMILES string of the molecule is Cc1cccc(C)c1-c1cc(Oc2ccc(NC(C)C)nc2)nc(NS(=O)(=O)c2cnn(C)c2)n1. The molecule has 4 aromatic rings. The number of aryl methyl sites for hydroxylation is 3. The van der Waals surface area contributed by atoms with Crippen LogP contribution in [0.5, 0.6) is 11.6 Å². The Kier molecular flexibility index (Phi) is 6.70. The zero-order valence-electron chi connectivity index (χ0n) is 20.1. The number of nitrogens with one attached hydrogen (secondary N) is 2. The summed E-state index contributed by atoms with van der Waals surface area (Å²) in [5.74, 6) is 1.23. The average Bonchev–Trinajstić information content (AvgIpc) is 3.22. The molecular formula is C24H27N7O3S. The molecule has 0 aliphatic carbocycles. The molecule has 35 heavy (non-hydrogen) atoms. The molecule has 3 heterocycles. The third-order valence-electron chi connectivity index (χ3n) is 5.05. The van der Waals surface area contributed by atoms with E-state index in [0.717, 1.165) is 22.5 Å². The number of hydrogen-bond acceptors (Lipinski definition) is 8. The molecule has 0 bridgehead atoms. The molecule has 0 saturated carbocycles. The Bertz CT molecular complexity index is 1430. The number of ether oxygens (including phenoxy) is 1. The molecule has 11 heteroatoms. The van der Waals surface area contributed by atoms with E-state index < -0.39 is 10.0 Å². The number of hydrogen-bond donors (Lipinski definition) is 2. The van der Waals surface area contributed by atoms with Crippen LogP contribution in [-0.4, -0.2) is 39.2 Å². The summed E-state index contributed by atoms with van der Waals surface area (Å²) in [5, 5.41) is 7.15. The normalized spacial score (nSPS) is 11.5. The Morgan fingerprint density at radius 2 is 1.77 bits per heavy atom. The Hall–Kier alpha value is -3.99. The largest absolute Gasteiger partial charge is 0.437 e. The van der Waals surface area contributed by atoms with Gasteiger partial charge in [0.25, 0.3) is 10.0 Å². The molecule has 0 radical (unpaired) electrons. The summed E-state index contributed by atoms with van der Waals surface area (Å²) in [6.45, 7) is 7.98. The van der Waals surface area contributed by atoms with Gasteiger partial charge in [-0.05, 0) is 51.0 Å². The predicted octanol–water partition coefficient (Wildman–Crippen LogP) is 4.30. The van der Waals surface area contributed by atoms with Crippen molar-refractivity contribution in [3.8, 4) is 22.9 Å². The topological polar surface area (TPSA) is 124 Å². The van der Waals surface area contributed by atoms with Crippen molar-refractivity contribution < 1.29 is 13.2 Å². The Morgan fingerprint density at radius 1 is 1.03 bits per heavy atom. The van der Waals surface area contributed by atoms with Crippen LogP contribution in [0.3, 0.4) is 0 Å². The molecule has 10 nitrogen and oxygen atoms in total. The van der Waals surface area contributed by atoms with Crippen molar-refractivity contribution in [2.75, 3.05) is 10.0 Å². The van der Waals surface area contributed by atoms with E-state index in [1.807, 2.05) is 45.9 Å². The maximum atomic E-state index is 12.9. The Balaban J connectivity index is 1.73. The molecule has 0 aliphatic heterocycles. The van der Waals surface area contributed by atoms with Crippen molar-refractivity contribution in [3.63, 3.8) is 0 Å². The molecule has 1 aromatic carbocycles. The van der Waals surface area contributed by atoms with Crippen LogP contribution >= 0.6 is 0 Å². The molecule has 3 aromatic heterocycles. The number of sulfonamides is 1. The highest BCUT2D eigenvalue weighted by Gasteiger charge is 2.20. The summed E-state index contributed by atoms with van der Waals surface area (Å²) in [4.78, 5) is 13.2. The van der Waals surface area contributed by atoms with E-state index in [2.05, 4.69) is 30.1 Å². The number of benzene rings is 1. The number of aromatic nitrogens is 5. The van der Waals surface area contributed by atoms with E-state index >= 15 is 0 Å². The number of anilines is 2. The quantitative estimate of drug-likeness (QED) is 0.372. The Morgan fingerprint density at radius 3 is 2.37 bits per heavy atom. The van der Waals surface area contributed by atoms with Gasteiger partial charge in [-0.15, -0.1) is 0 Å². The van der Waals surface area contributed by atoms with Crippen LogP contribution < -0.4 is 14.8 Å². The van der Waals surface area contributed by atoms with Gasteiger partial charge in [-0.2, -0.15) is 10.1 Å². The van der Waals surface area contributed by atoms with Crippen LogP contribution in [0.1, 0.15) is 25.0 Å². The second-order valence-corrected chi connectivity index (χ2v) is 10.1. The minimum atomic E-state index is -3.95. The third-order valence-corrected chi connectivity index (χ3v) is 6.34. The lowest BCUT2D eigenvalue weighted by molar-refractivity contribution is 0.461. The van der Waals surface area contributed by atoms with E-state index in [-0.39, 0.29) is 22.8 Å². The summed E-state index contributed by atoms with van der Waals surface area (Å²) in [7, 11) is -2.32. The van der Waals surface area contributed by atoms with Gasteiger partial charge in [0, 0.05) is 30.9 Å². The fraction of sp³-hybridized carbons (Fsp3) is 0.250. The van der Waals surface area contributed by atoms with E-state index in [4.69, 9.17) is 4.74 Å². The van der Waals surface area contributed by atoms with Gasteiger partial charge < -0.3 is 10.1 Å². The standard InChI is InChI=1S/C24H27N7O3S/c1-15(2)27-21-10-9-18(12-25-21)34-22-11-20(23-16(3)7-6-8-17(23)4)28-24(29-22)30-35(32,33)19-13-26-31(5)14-19/h6-15H,1-5H3,(H,25,27)(H,28,29,30). The van der Waals surface area contributed by atoms with Crippen molar-refractivity contribution in [1.82, 2.24) is 24.7 Å². The lowest BCUT2D eigenvalue weighted by atomic mass is 10.00. The van der Waals surface area contributed by atoms with E-state index in [0.29, 0.717) is 11.4 Å². The molecular weight excluding hydrogens is 466 g/mol. The van der Waals surface area contributed by atoms with Crippen LogP contribution in [0, 0.1) is 13.8 Å². The molecule has 0 unspecified atom stereocenters. The molecule has 0 fully saturated rings. The first-order chi connectivity index (χ1) is 16.6. The summed E-state index contributed by atoms with van der Waals surface area (Å²) in [6, 6.07) is 11.4. The fourth-order valence-corrected chi connectivity index (χ4v) is 4.46. The third kappa shape index (κ3) is 5.75. The summed E-state index contributed by atoms with van der Waals surface area (Å²) in [6.07, 6.45) is 4.23. The highest BCUT2D eigenvalue weighted by atomic mass is 32.2. The van der Waals surface area contributed by atoms with E-state index in [9.17, 15) is 8.42 Å². The Labute approximate surface area is 204 Å². The highest BCUT2D eigenvalue weighted by Crippen LogP contribution is 2.31. The lowest BCUT2D eigenvalue weighted by Crippen LogP contribution is -2.15. The zero-order valence-corrected chi connectivity index (χ0v) is 21.0. The second kappa shape index (κ2) is 9.71. The van der Waals surface area contributed by atoms with Crippen molar-refractivity contribution in [2.45, 2.75) is 38.6 Å². The molecule has 0 atom stereocenters. The van der Waals surface area contributed by atoms with Crippen molar-refractivity contribution in [3.05, 3.63) is 66.1 Å². The molecule has 182 valence electrons. The summed E-state index contributed by atoms with van der Waals surface area (Å²) < 4.78 is 35.6. The molecule has 2 N–H and O–H groups in total. The van der Waals surface area contributed by atoms with Gasteiger partial charge in [-0.1, -0.05) is 18.2 Å². The van der Waals surface area contributed by atoms with Crippen LogP contribution in [0.25, 0.3) is 11.3 Å². The minimum absolute atomic E-state index is 0.000912. The molecule has 4 rings (SSSR count). The number of nitrogens with zero attached hydrogens (tertiary/aromatic N) is 5. The van der Waals surface area contributed by atoms with Gasteiger partial charge in [-0.3, -0.25) is 4.68 Å². The summed E-state index contributed by atoms with van der Waals surface area (Å²) >= 11 is 0. The fourth-order valence-electron chi connectivity index (χ4n) is 3.53. The highest BCUT2D eigenvalue weighted by molar-refractivity contribution is 7.92. The maximum Gasteiger partial charge on any atom is 0.267 e. The van der Waals surface area contributed by atoms with Gasteiger partial charge in [0.15, 0.2) is 0 Å². The van der Waals surface area contributed by atoms with Gasteiger partial charge in [-0.25, -0.2) is 23.1 Å². The van der Waals surface area contributed by atoms with Gasteiger partial charge in [0.2, 0.25) is 11.8 Å². The lowest BCUT2D eigenvalue weighted by Gasteiger charge is -2.14. The van der Waals surface area contributed by atoms with Gasteiger partial charge in [0.05, 0.1) is 18.1 Å². The van der Waals surface area contributed by atoms with Crippen molar-refractivity contribution in [2.24, 2.45) is 7.05 Å². The molecule has 0 spiro atoms. The molecule has 0 amide bonds. The smallest absolute Gasteiger partial charge is 0.267 e. The summed E-state index contributed by atoms with van der Waals surface area (Å²) in [5.41, 5.74) is 3.37. The number of pyridine rings is 1. The monoisotopic (exact) mass is 493 g/mol. The average molecular weight is 494 g/mol. The molecule has 0 aliphatic rings. The van der Waals surface area contributed by atoms with Crippen LogP contribution in [0.15, 0.2) is 59.9 Å². The zero-order chi connectivity index (χ0) is 25.2. The number of rotatable bonds is 8. The van der Waals surface area contributed by atoms with Crippen LogP contribution in [-0.2, 0) is 17.1 Å². The van der Waals surface area contributed by atoms with Gasteiger partial charge >= 0.3 is 0 Å². The van der Waals surface area contributed by atoms with Crippen molar-refractivity contribution in [1.29, 1.82) is 0 Å². The maximum absolute atomic E-state index is 12.9. The van der Waals surface area contributed by atoms with E-state index in [1.54, 1.807) is 31.4 Å². The first-order valence-corrected chi connectivity index (χ1v) is 12.5. The van der Waals surface area contributed by atoms with Gasteiger partial charge in [0.1, 0.15) is 16.5 Å². The van der Waals surface area contributed by atoms with E-state index in [1.165, 1.54) is 17.1 Å². The first-order valence-electron chi connectivity index (χ1n) is 11.0.